The Hall–Kier alpha value is -1.29. The molecular formula is C13H14BrNO2. The van der Waals surface area contributed by atoms with Crippen molar-refractivity contribution in [2.24, 2.45) is 0 Å². The van der Waals surface area contributed by atoms with E-state index in [0.717, 1.165) is 34.5 Å². The zero-order valence-corrected chi connectivity index (χ0v) is 11.2. The zero-order valence-electron chi connectivity index (χ0n) is 9.65. The van der Waals surface area contributed by atoms with Gasteiger partial charge in [0.2, 0.25) is 0 Å². The van der Waals surface area contributed by atoms with E-state index >= 15 is 0 Å². The first-order chi connectivity index (χ1) is 8.31. The normalized spacial score (nSPS) is 10.5. The van der Waals surface area contributed by atoms with Gasteiger partial charge in [-0.25, -0.2) is 0 Å². The van der Waals surface area contributed by atoms with E-state index in [-0.39, 0.29) is 0 Å². The molecule has 90 valence electrons. The molecule has 1 aromatic carbocycles. The molecule has 1 aromatic heterocycles. The maximum absolute atomic E-state index is 5.72. The average Bonchev–Trinajstić information content (AvgIpc) is 2.77. The van der Waals surface area contributed by atoms with Crippen LogP contribution in [0.3, 0.4) is 0 Å². The van der Waals surface area contributed by atoms with Gasteiger partial charge in [-0.2, -0.15) is 0 Å². The molecule has 1 heterocycles. The summed E-state index contributed by atoms with van der Waals surface area (Å²) in [6, 6.07) is 9.75. The fourth-order valence-corrected chi connectivity index (χ4v) is 1.75. The molecule has 0 atom stereocenters. The van der Waals surface area contributed by atoms with E-state index in [4.69, 9.17) is 9.26 Å². The van der Waals surface area contributed by atoms with Gasteiger partial charge in [0.25, 0.3) is 0 Å². The van der Waals surface area contributed by atoms with Gasteiger partial charge in [-0.15, -0.1) is 0 Å². The Labute approximate surface area is 109 Å². The van der Waals surface area contributed by atoms with Crippen molar-refractivity contribution in [2.45, 2.75) is 13.3 Å². The number of benzene rings is 1. The predicted octanol–water partition coefficient (Wildman–Crippen LogP) is 3.81. The Morgan fingerprint density at radius 1 is 1.35 bits per heavy atom. The first kappa shape index (κ1) is 12.2. The Morgan fingerprint density at radius 3 is 2.88 bits per heavy atom. The summed E-state index contributed by atoms with van der Waals surface area (Å²) in [6.07, 6.45) is 0.976. The third-order valence-corrected chi connectivity index (χ3v) is 2.88. The van der Waals surface area contributed by atoms with Crippen molar-refractivity contribution >= 4 is 15.9 Å². The largest absolute Gasteiger partial charge is 0.493 e. The van der Waals surface area contributed by atoms with Crippen LogP contribution in [0.25, 0.3) is 11.3 Å². The molecule has 0 amide bonds. The molecule has 0 bridgehead atoms. The summed E-state index contributed by atoms with van der Waals surface area (Å²) >= 11 is 3.38. The summed E-state index contributed by atoms with van der Waals surface area (Å²) in [5, 5.41) is 4.83. The summed E-state index contributed by atoms with van der Waals surface area (Å²) in [5.74, 6) is 1.58. The highest BCUT2D eigenvalue weighted by atomic mass is 79.9. The van der Waals surface area contributed by atoms with Crippen LogP contribution in [-0.4, -0.2) is 17.1 Å². The highest BCUT2D eigenvalue weighted by Gasteiger charge is 2.10. The summed E-state index contributed by atoms with van der Waals surface area (Å²) in [5.41, 5.74) is 1.82. The van der Waals surface area contributed by atoms with Crippen molar-refractivity contribution in [3.8, 4) is 17.1 Å². The zero-order chi connectivity index (χ0) is 12.1. The van der Waals surface area contributed by atoms with Crippen LogP contribution in [0.2, 0.25) is 0 Å². The van der Waals surface area contributed by atoms with Gasteiger partial charge < -0.3 is 9.26 Å². The number of ether oxygens (including phenoxy) is 1. The number of para-hydroxylation sites is 1. The molecule has 0 fully saturated rings. The van der Waals surface area contributed by atoms with Crippen molar-refractivity contribution in [3.05, 3.63) is 36.0 Å². The van der Waals surface area contributed by atoms with E-state index in [9.17, 15) is 0 Å². The third-order valence-electron chi connectivity index (χ3n) is 2.32. The molecule has 3 nitrogen and oxygen atoms in total. The predicted molar refractivity (Wildman–Crippen MR) is 70.6 cm³/mol. The van der Waals surface area contributed by atoms with Crippen molar-refractivity contribution in [1.82, 2.24) is 5.16 Å². The van der Waals surface area contributed by atoms with Crippen LogP contribution in [0.15, 0.2) is 34.9 Å². The first-order valence-electron chi connectivity index (χ1n) is 5.53. The summed E-state index contributed by atoms with van der Waals surface area (Å²) in [7, 11) is 0. The van der Waals surface area contributed by atoms with Crippen LogP contribution in [0.5, 0.6) is 5.75 Å². The number of aryl methyl sites for hydroxylation is 1. The molecule has 0 aliphatic rings. The van der Waals surface area contributed by atoms with Gasteiger partial charge in [-0.3, -0.25) is 0 Å². The summed E-state index contributed by atoms with van der Waals surface area (Å²) < 4.78 is 11.0. The lowest BCUT2D eigenvalue weighted by Gasteiger charge is -2.08. The maximum atomic E-state index is 5.72. The highest BCUT2D eigenvalue weighted by Crippen LogP contribution is 2.30. The minimum atomic E-state index is 0.690. The van der Waals surface area contributed by atoms with Crippen LogP contribution >= 0.6 is 15.9 Å². The number of nitrogens with zero attached hydrogens (tertiary/aromatic N) is 1. The van der Waals surface area contributed by atoms with Crippen molar-refractivity contribution in [1.29, 1.82) is 0 Å². The molecular weight excluding hydrogens is 282 g/mol. The van der Waals surface area contributed by atoms with Crippen LogP contribution in [0, 0.1) is 6.92 Å². The number of alkyl halides is 1. The average molecular weight is 296 g/mol. The smallest absolute Gasteiger partial charge is 0.170 e. The van der Waals surface area contributed by atoms with Crippen LogP contribution in [-0.2, 0) is 0 Å². The van der Waals surface area contributed by atoms with E-state index in [2.05, 4.69) is 21.1 Å². The van der Waals surface area contributed by atoms with Crippen LogP contribution in [0.4, 0.5) is 0 Å². The SMILES string of the molecule is Cc1cc(-c2ccccc2OCCCBr)on1. The topological polar surface area (TPSA) is 35.3 Å². The molecule has 0 aliphatic heterocycles. The van der Waals surface area contributed by atoms with Gasteiger partial charge in [0, 0.05) is 11.4 Å². The van der Waals surface area contributed by atoms with Gasteiger partial charge in [0.15, 0.2) is 5.76 Å². The van der Waals surface area contributed by atoms with E-state index in [0.29, 0.717) is 6.61 Å². The maximum Gasteiger partial charge on any atom is 0.170 e. The molecule has 0 saturated carbocycles. The van der Waals surface area contributed by atoms with E-state index in [1.54, 1.807) is 0 Å². The number of halogens is 1. The highest BCUT2D eigenvalue weighted by molar-refractivity contribution is 9.09. The van der Waals surface area contributed by atoms with Crippen LogP contribution < -0.4 is 4.74 Å². The molecule has 4 heteroatoms. The van der Waals surface area contributed by atoms with Gasteiger partial charge >= 0.3 is 0 Å². The lowest BCUT2D eigenvalue weighted by molar-refractivity contribution is 0.318. The van der Waals surface area contributed by atoms with Gasteiger partial charge in [0.1, 0.15) is 5.75 Å². The van der Waals surface area contributed by atoms with Gasteiger partial charge in [0.05, 0.1) is 17.9 Å². The van der Waals surface area contributed by atoms with Crippen molar-refractivity contribution in [2.75, 3.05) is 11.9 Å². The van der Waals surface area contributed by atoms with Gasteiger partial charge in [-0.05, 0) is 25.5 Å². The third kappa shape index (κ3) is 3.09. The van der Waals surface area contributed by atoms with Gasteiger partial charge in [-0.1, -0.05) is 33.2 Å². The monoisotopic (exact) mass is 295 g/mol. The second-order valence-electron chi connectivity index (χ2n) is 3.72. The Bertz CT molecular complexity index is 482. The molecule has 2 rings (SSSR count). The van der Waals surface area contributed by atoms with Crippen LogP contribution in [0.1, 0.15) is 12.1 Å². The number of hydrogen-bond donors (Lipinski definition) is 0. The van der Waals surface area contributed by atoms with E-state index in [1.165, 1.54) is 0 Å². The molecule has 17 heavy (non-hydrogen) atoms. The molecule has 0 spiro atoms. The van der Waals surface area contributed by atoms with E-state index < -0.39 is 0 Å². The minimum Gasteiger partial charge on any atom is -0.493 e. The Morgan fingerprint density at radius 2 is 2.18 bits per heavy atom. The number of aromatic nitrogens is 1. The summed E-state index contributed by atoms with van der Waals surface area (Å²) in [4.78, 5) is 0. The molecule has 2 aromatic rings. The lowest BCUT2D eigenvalue weighted by Crippen LogP contribution is -1.98. The summed E-state index contributed by atoms with van der Waals surface area (Å²) in [6.45, 7) is 2.59. The quantitative estimate of drug-likeness (QED) is 0.621. The van der Waals surface area contributed by atoms with E-state index in [1.807, 2.05) is 37.3 Å². The fraction of sp³-hybridized carbons (Fsp3) is 0.308. The second-order valence-corrected chi connectivity index (χ2v) is 4.51. The molecule has 0 unspecified atom stereocenters. The van der Waals surface area contributed by atoms with Crippen molar-refractivity contribution in [3.63, 3.8) is 0 Å². The van der Waals surface area contributed by atoms with Crippen molar-refractivity contribution < 1.29 is 9.26 Å². The number of hydrogen-bond acceptors (Lipinski definition) is 3. The second kappa shape index (κ2) is 5.87. The molecule has 0 N–H and O–H groups in total. The lowest BCUT2D eigenvalue weighted by atomic mass is 10.1. The molecule has 0 aliphatic carbocycles. The Balaban J connectivity index is 2.21. The standard InChI is InChI=1S/C13H14BrNO2/c1-10-9-13(17-15-10)11-5-2-3-6-12(11)16-8-4-7-14/h2-3,5-6,9H,4,7-8H2,1H3. The Kier molecular flexibility index (Phi) is 4.20. The fourth-order valence-electron chi connectivity index (χ4n) is 1.52. The molecule has 0 radical (unpaired) electrons. The first-order valence-corrected chi connectivity index (χ1v) is 6.65. The number of rotatable bonds is 5. The minimum absolute atomic E-state index is 0.690. The molecule has 0 saturated heterocycles.